The van der Waals surface area contributed by atoms with E-state index < -0.39 is 0 Å². The van der Waals surface area contributed by atoms with E-state index in [1.165, 1.54) is 44.3 Å². The minimum Gasteiger partial charge on any atom is -0.326 e. The summed E-state index contributed by atoms with van der Waals surface area (Å²) in [5, 5.41) is 0. The predicted octanol–water partition coefficient (Wildman–Crippen LogP) is 4.74. The van der Waals surface area contributed by atoms with Crippen molar-refractivity contribution < 1.29 is 0 Å². The lowest BCUT2D eigenvalue weighted by atomic mass is 9.73. The van der Waals surface area contributed by atoms with Crippen molar-refractivity contribution in [2.45, 2.75) is 58.5 Å². The third kappa shape index (κ3) is 3.88. The standard InChI is InChI=1S/C18H29BrN2/c1-4-18(5-2)10-12-21(13-11-18)17(14(3)20)15-6-8-16(19)9-7-15/h6-9,14,17H,4-5,10-13,20H2,1-3H3. The number of piperidine rings is 1. The van der Waals surface area contributed by atoms with E-state index in [9.17, 15) is 0 Å². The molecule has 2 nitrogen and oxygen atoms in total. The first-order valence-corrected chi connectivity index (χ1v) is 9.06. The quantitative estimate of drug-likeness (QED) is 0.828. The zero-order chi connectivity index (χ0) is 15.5. The lowest BCUT2D eigenvalue weighted by Crippen LogP contribution is -2.46. The first-order valence-electron chi connectivity index (χ1n) is 8.26. The van der Waals surface area contributed by atoms with E-state index in [0.29, 0.717) is 11.5 Å². The Morgan fingerprint density at radius 2 is 1.67 bits per heavy atom. The Balaban J connectivity index is 2.12. The Kier molecular flexibility index (Phi) is 5.87. The number of rotatable bonds is 5. The minimum atomic E-state index is 0.155. The summed E-state index contributed by atoms with van der Waals surface area (Å²) in [7, 11) is 0. The number of halogens is 1. The third-order valence-electron chi connectivity index (χ3n) is 5.46. The molecule has 2 rings (SSSR count). The molecule has 1 aliphatic heterocycles. The maximum absolute atomic E-state index is 6.32. The second-order valence-corrected chi connectivity index (χ2v) is 7.51. The van der Waals surface area contributed by atoms with E-state index in [1.807, 2.05) is 0 Å². The normalized spacial score (nSPS) is 22.0. The van der Waals surface area contributed by atoms with E-state index in [4.69, 9.17) is 5.73 Å². The molecule has 0 spiro atoms. The monoisotopic (exact) mass is 352 g/mol. The van der Waals surface area contributed by atoms with Gasteiger partial charge in [-0.15, -0.1) is 0 Å². The fourth-order valence-corrected chi connectivity index (χ4v) is 4.00. The molecule has 118 valence electrons. The van der Waals surface area contributed by atoms with Crippen LogP contribution in [0.4, 0.5) is 0 Å². The van der Waals surface area contributed by atoms with Crippen molar-refractivity contribution in [1.29, 1.82) is 0 Å². The molecule has 0 saturated carbocycles. The molecule has 1 aromatic carbocycles. The van der Waals surface area contributed by atoms with E-state index in [1.54, 1.807) is 0 Å². The number of hydrogen-bond acceptors (Lipinski definition) is 2. The molecule has 0 amide bonds. The average molecular weight is 353 g/mol. The van der Waals surface area contributed by atoms with Crippen LogP contribution in [0.2, 0.25) is 0 Å². The Labute approximate surface area is 138 Å². The van der Waals surface area contributed by atoms with Crippen LogP contribution in [0.15, 0.2) is 28.7 Å². The molecule has 0 aliphatic carbocycles. The van der Waals surface area contributed by atoms with Crippen molar-refractivity contribution in [2.24, 2.45) is 11.1 Å². The van der Waals surface area contributed by atoms with Gasteiger partial charge in [0, 0.05) is 16.6 Å². The van der Waals surface area contributed by atoms with Gasteiger partial charge in [-0.1, -0.05) is 54.8 Å². The summed E-state index contributed by atoms with van der Waals surface area (Å²) in [6.45, 7) is 9.16. The first kappa shape index (κ1) is 17.0. The van der Waals surface area contributed by atoms with E-state index in [-0.39, 0.29) is 6.04 Å². The van der Waals surface area contributed by atoms with Crippen LogP contribution in [-0.4, -0.2) is 24.0 Å². The molecule has 2 N–H and O–H groups in total. The zero-order valence-corrected chi connectivity index (χ0v) is 15.2. The molecule has 0 radical (unpaired) electrons. The van der Waals surface area contributed by atoms with E-state index in [2.05, 4.69) is 65.9 Å². The van der Waals surface area contributed by atoms with Crippen molar-refractivity contribution in [2.75, 3.05) is 13.1 Å². The highest BCUT2D eigenvalue weighted by Crippen LogP contribution is 2.40. The van der Waals surface area contributed by atoms with Crippen molar-refractivity contribution in [3.8, 4) is 0 Å². The van der Waals surface area contributed by atoms with Gasteiger partial charge in [-0.05, 0) is 56.0 Å². The maximum atomic E-state index is 6.32. The zero-order valence-electron chi connectivity index (χ0n) is 13.6. The summed E-state index contributed by atoms with van der Waals surface area (Å²) < 4.78 is 1.13. The lowest BCUT2D eigenvalue weighted by Gasteiger charge is -2.45. The van der Waals surface area contributed by atoms with Gasteiger partial charge in [0.1, 0.15) is 0 Å². The van der Waals surface area contributed by atoms with Crippen LogP contribution in [0.25, 0.3) is 0 Å². The predicted molar refractivity (Wildman–Crippen MR) is 94.4 cm³/mol. The van der Waals surface area contributed by atoms with Crippen LogP contribution in [-0.2, 0) is 0 Å². The van der Waals surface area contributed by atoms with Gasteiger partial charge in [0.25, 0.3) is 0 Å². The Morgan fingerprint density at radius 1 is 1.14 bits per heavy atom. The summed E-state index contributed by atoms with van der Waals surface area (Å²) in [6, 6.07) is 9.15. The van der Waals surface area contributed by atoms with Crippen LogP contribution >= 0.6 is 15.9 Å². The molecule has 3 heteroatoms. The van der Waals surface area contributed by atoms with Gasteiger partial charge in [0.15, 0.2) is 0 Å². The molecular weight excluding hydrogens is 324 g/mol. The molecule has 2 unspecified atom stereocenters. The number of nitrogens with zero attached hydrogens (tertiary/aromatic N) is 1. The van der Waals surface area contributed by atoms with Crippen molar-refractivity contribution in [3.63, 3.8) is 0 Å². The molecular formula is C18H29BrN2. The molecule has 1 fully saturated rings. The summed E-state index contributed by atoms with van der Waals surface area (Å²) in [5.74, 6) is 0. The maximum Gasteiger partial charge on any atom is 0.0496 e. The van der Waals surface area contributed by atoms with Crippen LogP contribution in [0, 0.1) is 5.41 Å². The summed E-state index contributed by atoms with van der Waals surface area (Å²) in [6.07, 6.45) is 5.22. The van der Waals surface area contributed by atoms with Crippen LogP contribution in [0.1, 0.15) is 58.1 Å². The van der Waals surface area contributed by atoms with Crippen LogP contribution in [0.5, 0.6) is 0 Å². The highest BCUT2D eigenvalue weighted by Gasteiger charge is 2.35. The lowest BCUT2D eigenvalue weighted by molar-refractivity contribution is 0.0587. The van der Waals surface area contributed by atoms with Gasteiger partial charge in [0.05, 0.1) is 0 Å². The molecule has 2 atom stereocenters. The Morgan fingerprint density at radius 3 is 2.10 bits per heavy atom. The summed E-state index contributed by atoms with van der Waals surface area (Å²) in [4.78, 5) is 2.59. The van der Waals surface area contributed by atoms with Gasteiger partial charge in [-0.3, -0.25) is 4.90 Å². The van der Waals surface area contributed by atoms with Crippen molar-refractivity contribution >= 4 is 15.9 Å². The van der Waals surface area contributed by atoms with Gasteiger partial charge in [0.2, 0.25) is 0 Å². The number of hydrogen-bond donors (Lipinski definition) is 1. The highest BCUT2D eigenvalue weighted by molar-refractivity contribution is 9.10. The highest BCUT2D eigenvalue weighted by atomic mass is 79.9. The molecule has 0 bridgehead atoms. The van der Waals surface area contributed by atoms with Gasteiger partial charge in [-0.2, -0.15) is 0 Å². The topological polar surface area (TPSA) is 29.3 Å². The second-order valence-electron chi connectivity index (χ2n) is 6.60. The van der Waals surface area contributed by atoms with Crippen LogP contribution in [0.3, 0.4) is 0 Å². The number of nitrogens with two attached hydrogens (primary N) is 1. The molecule has 1 aromatic rings. The molecule has 1 heterocycles. The fraction of sp³-hybridized carbons (Fsp3) is 0.667. The first-order chi connectivity index (χ1) is 10.0. The van der Waals surface area contributed by atoms with E-state index in [0.717, 1.165) is 4.47 Å². The largest absolute Gasteiger partial charge is 0.326 e. The SMILES string of the molecule is CCC1(CC)CCN(C(c2ccc(Br)cc2)C(C)N)CC1. The fourth-order valence-electron chi connectivity index (χ4n) is 3.74. The smallest absolute Gasteiger partial charge is 0.0496 e. The third-order valence-corrected chi connectivity index (χ3v) is 5.99. The van der Waals surface area contributed by atoms with Crippen molar-refractivity contribution in [3.05, 3.63) is 34.3 Å². The molecule has 1 aliphatic rings. The molecule has 21 heavy (non-hydrogen) atoms. The van der Waals surface area contributed by atoms with Gasteiger partial charge < -0.3 is 5.73 Å². The number of likely N-dealkylation sites (tertiary alicyclic amines) is 1. The molecule has 0 aromatic heterocycles. The number of benzene rings is 1. The second kappa shape index (κ2) is 7.26. The average Bonchev–Trinajstić information content (AvgIpc) is 2.50. The van der Waals surface area contributed by atoms with Crippen molar-refractivity contribution in [1.82, 2.24) is 4.90 Å². The Bertz CT molecular complexity index is 427. The van der Waals surface area contributed by atoms with E-state index >= 15 is 0 Å². The van der Waals surface area contributed by atoms with Gasteiger partial charge in [-0.25, -0.2) is 0 Å². The molecule has 1 saturated heterocycles. The summed E-state index contributed by atoms with van der Waals surface area (Å²) in [5.41, 5.74) is 8.23. The summed E-state index contributed by atoms with van der Waals surface area (Å²) >= 11 is 3.52. The van der Waals surface area contributed by atoms with Crippen LogP contribution < -0.4 is 5.73 Å². The van der Waals surface area contributed by atoms with Gasteiger partial charge >= 0.3 is 0 Å². The minimum absolute atomic E-state index is 0.155. The Hall–Kier alpha value is -0.380.